The number of carbonyl (C=O) groups excluding carboxylic acids is 1. The van der Waals surface area contributed by atoms with E-state index in [1.807, 2.05) is 20.8 Å². The number of aromatic amines is 1. The van der Waals surface area contributed by atoms with Crippen LogP contribution < -0.4 is 10.1 Å². The fourth-order valence-corrected chi connectivity index (χ4v) is 1.70. The van der Waals surface area contributed by atoms with E-state index in [0.717, 1.165) is 10.9 Å². The topological polar surface area (TPSA) is 79.9 Å². The highest BCUT2D eigenvalue weighted by Crippen LogP contribution is 2.28. The zero-order chi connectivity index (χ0) is 14.8. The van der Waals surface area contributed by atoms with Crippen molar-refractivity contribution in [3.05, 3.63) is 24.2 Å². The number of carbonyl (C=O) groups is 1. The molecule has 0 aliphatic carbocycles. The van der Waals surface area contributed by atoms with Gasteiger partial charge in [-0.2, -0.15) is 0 Å². The first-order valence-corrected chi connectivity index (χ1v) is 6.31. The van der Waals surface area contributed by atoms with Crippen LogP contribution >= 0.6 is 0 Å². The standard InChI is InChI=1S/C14H18N4O2/c1-14(2,3)20-13-11-9(5-6-10(19)15-4)7-16-12(11)17-8-18-13/h5-8H,1-4H3,(H,15,19)(H,16,17,18). The van der Waals surface area contributed by atoms with E-state index in [4.69, 9.17) is 4.74 Å². The van der Waals surface area contributed by atoms with Gasteiger partial charge in [-0.1, -0.05) is 0 Å². The Morgan fingerprint density at radius 2 is 2.15 bits per heavy atom. The van der Waals surface area contributed by atoms with Crippen LogP contribution in [-0.2, 0) is 4.79 Å². The molecule has 0 radical (unpaired) electrons. The van der Waals surface area contributed by atoms with Gasteiger partial charge < -0.3 is 15.0 Å². The van der Waals surface area contributed by atoms with Crippen LogP contribution in [0.3, 0.4) is 0 Å². The minimum atomic E-state index is -0.361. The number of hydrogen-bond acceptors (Lipinski definition) is 4. The molecule has 0 fully saturated rings. The molecule has 0 aliphatic heterocycles. The van der Waals surface area contributed by atoms with E-state index >= 15 is 0 Å². The summed E-state index contributed by atoms with van der Waals surface area (Å²) in [5.41, 5.74) is 1.12. The lowest BCUT2D eigenvalue weighted by Crippen LogP contribution is -2.23. The maximum atomic E-state index is 11.3. The highest BCUT2D eigenvalue weighted by molar-refractivity contribution is 5.96. The number of aromatic nitrogens is 3. The number of likely N-dealkylation sites (N-methyl/N-ethyl adjacent to an activating group) is 1. The van der Waals surface area contributed by atoms with E-state index < -0.39 is 0 Å². The lowest BCUT2D eigenvalue weighted by atomic mass is 10.2. The molecule has 106 valence electrons. The van der Waals surface area contributed by atoms with Crippen LogP contribution in [-0.4, -0.2) is 33.5 Å². The molecule has 2 heterocycles. The molecule has 0 saturated carbocycles. The van der Waals surface area contributed by atoms with Gasteiger partial charge >= 0.3 is 0 Å². The van der Waals surface area contributed by atoms with Gasteiger partial charge in [0.2, 0.25) is 11.8 Å². The summed E-state index contributed by atoms with van der Waals surface area (Å²) in [7, 11) is 1.58. The molecule has 0 unspecified atom stereocenters. The summed E-state index contributed by atoms with van der Waals surface area (Å²) >= 11 is 0. The van der Waals surface area contributed by atoms with Crippen molar-refractivity contribution in [2.75, 3.05) is 7.05 Å². The Morgan fingerprint density at radius 3 is 2.80 bits per heavy atom. The molecule has 1 amide bonds. The number of nitrogens with zero attached hydrogens (tertiary/aromatic N) is 2. The molecular weight excluding hydrogens is 256 g/mol. The van der Waals surface area contributed by atoms with Crippen LogP contribution in [0.25, 0.3) is 17.1 Å². The van der Waals surface area contributed by atoms with Crippen LogP contribution in [0.15, 0.2) is 18.6 Å². The van der Waals surface area contributed by atoms with Gasteiger partial charge in [0.05, 0.1) is 5.39 Å². The molecule has 0 saturated heterocycles. The number of amides is 1. The Kier molecular flexibility index (Phi) is 3.74. The second-order valence-corrected chi connectivity index (χ2v) is 5.31. The lowest BCUT2D eigenvalue weighted by Gasteiger charge is -2.20. The monoisotopic (exact) mass is 274 g/mol. The van der Waals surface area contributed by atoms with E-state index in [-0.39, 0.29) is 11.5 Å². The predicted octanol–water partition coefficient (Wildman–Crippen LogP) is 1.89. The number of ether oxygens (including phenoxy) is 1. The molecule has 6 nitrogen and oxygen atoms in total. The molecule has 2 aromatic rings. The second kappa shape index (κ2) is 5.32. The number of H-pyrrole nitrogens is 1. The summed E-state index contributed by atoms with van der Waals surface area (Å²) in [6, 6.07) is 0. The Balaban J connectivity index is 2.46. The van der Waals surface area contributed by atoms with Crippen molar-refractivity contribution in [2.45, 2.75) is 26.4 Å². The first kappa shape index (κ1) is 14.0. The third kappa shape index (κ3) is 3.14. The van der Waals surface area contributed by atoms with Gasteiger partial charge in [-0.25, -0.2) is 9.97 Å². The third-order valence-electron chi connectivity index (χ3n) is 2.53. The van der Waals surface area contributed by atoms with Crippen LogP contribution in [0.5, 0.6) is 5.88 Å². The van der Waals surface area contributed by atoms with Gasteiger partial charge in [0.1, 0.15) is 17.6 Å². The number of rotatable bonds is 3. The summed E-state index contributed by atoms with van der Waals surface area (Å²) < 4.78 is 5.84. The summed E-state index contributed by atoms with van der Waals surface area (Å²) in [6.07, 6.45) is 6.38. The van der Waals surface area contributed by atoms with Gasteiger partial charge in [0.15, 0.2) is 0 Å². The van der Waals surface area contributed by atoms with E-state index in [0.29, 0.717) is 11.5 Å². The van der Waals surface area contributed by atoms with Crippen molar-refractivity contribution >= 4 is 23.0 Å². The largest absolute Gasteiger partial charge is 0.471 e. The van der Waals surface area contributed by atoms with Crippen LogP contribution in [0.1, 0.15) is 26.3 Å². The molecule has 0 aliphatic rings. The third-order valence-corrected chi connectivity index (χ3v) is 2.53. The molecule has 6 heteroatoms. The average Bonchev–Trinajstić information content (AvgIpc) is 2.78. The molecule has 2 N–H and O–H groups in total. The summed E-state index contributed by atoms with van der Waals surface area (Å²) in [5.74, 6) is 0.329. The summed E-state index contributed by atoms with van der Waals surface area (Å²) in [6.45, 7) is 5.86. The zero-order valence-electron chi connectivity index (χ0n) is 12.0. The number of hydrogen-bond donors (Lipinski definition) is 2. The maximum Gasteiger partial charge on any atom is 0.243 e. The minimum Gasteiger partial charge on any atom is -0.471 e. The molecule has 0 aromatic carbocycles. The summed E-state index contributed by atoms with van der Waals surface area (Å²) in [4.78, 5) is 22.7. The Morgan fingerprint density at radius 1 is 1.40 bits per heavy atom. The predicted molar refractivity (Wildman–Crippen MR) is 77.4 cm³/mol. The van der Waals surface area contributed by atoms with Gasteiger partial charge in [0, 0.05) is 24.9 Å². The number of nitrogens with one attached hydrogen (secondary N) is 2. The normalized spacial score (nSPS) is 12.0. The minimum absolute atomic E-state index is 0.172. The SMILES string of the molecule is CNC(=O)C=Cc1c[nH]c2ncnc(OC(C)(C)C)c12. The zero-order valence-corrected chi connectivity index (χ0v) is 12.0. The van der Waals surface area contributed by atoms with Crippen LogP contribution in [0, 0.1) is 0 Å². The van der Waals surface area contributed by atoms with Crippen molar-refractivity contribution in [1.82, 2.24) is 20.3 Å². The Bertz CT molecular complexity index is 653. The quantitative estimate of drug-likeness (QED) is 0.838. The summed E-state index contributed by atoms with van der Waals surface area (Å²) in [5, 5.41) is 3.30. The Labute approximate surface area is 117 Å². The smallest absolute Gasteiger partial charge is 0.243 e. The molecule has 0 bridgehead atoms. The molecule has 2 rings (SSSR count). The highest BCUT2D eigenvalue weighted by Gasteiger charge is 2.17. The van der Waals surface area contributed by atoms with Crippen molar-refractivity contribution in [3.63, 3.8) is 0 Å². The van der Waals surface area contributed by atoms with Crippen molar-refractivity contribution in [3.8, 4) is 5.88 Å². The van der Waals surface area contributed by atoms with Crippen molar-refractivity contribution in [1.29, 1.82) is 0 Å². The first-order valence-electron chi connectivity index (χ1n) is 6.31. The molecule has 0 atom stereocenters. The first-order chi connectivity index (χ1) is 9.40. The fourth-order valence-electron chi connectivity index (χ4n) is 1.70. The molecule has 20 heavy (non-hydrogen) atoms. The molecule has 2 aromatic heterocycles. The van der Waals surface area contributed by atoms with E-state index in [1.54, 1.807) is 19.3 Å². The highest BCUT2D eigenvalue weighted by atomic mass is 16.5. The molecule has 0 spiro atoms. The van der Waals surface area contributed by atoms with Crippen molar-refractivity contribution in [2.24, 2.45) is 0 Å². The second-order valence-electron chi connectivity index (χ2n) is 5.31. The maximum absolute atomic E-state index is 11.3. The Hall–Kier alpha value is -2.37. The van der Waals surface area contributed by atoms with Gasteiger partial charge in [0.25, 0.3) is 0 Å². The van der Waals surface area contributed by atoms with Crippen LogP contribution in [0.2, 0.25) is 0 Å². The fraction of sp³-hybridized carbons (Fsp3) is 0.357. The van der Waals surface area contributed by atoms with Gasteiger partial charge in [-0.15, -0.1) is 0 Å². The van der Waals surface area contributed by atoms with E-state index in [2.05, 4.69) is 20.3 Å². The lowest BCUT2D eigenvalue weighted by molar-refractivity contribution is -0.115. The molecular formula is C14H18N4O2. The van der Waals surface area contributed by atoms with Gasteiger partial charge in [-0.05, 0) is 26.8 Å². The van der Waals surface area contributed by atoms with Crippen molar-refractivity contribution < 1.29 is 9.53 Å². The number of fused-ring (bicyclic) bond motifs is 1. The van der Waals surface area contributed by atoms with E-state index in [1.165, 1.54) is 12.4 Å². The van der Waals surface area contributed by atoms with E-state index in [9.17, 15) is 4.79 Å². The van der Waals surface area contributed by atoms with Gasteiger partial charge in [-0.3, -0.25) is 4.79 Å². The van der Waals surface area contributed by atoms with Crippen LogP contribution in [0.4, 0.5) is 0 Å². The average molecular weight is 274 g/mol.